The zero-order chi connectivity index (χ0) is 16.4. The van der Waals surface area contributed by atoms with Gasteiger partial charge in [0.05, 0.1) is 23.7 Å². The average molecular weight is 314 g/mol. The third-order valence-electron chi connectivity index (χ3n) is 4.23. The minimum absolute atomic E-state index is 0.467. The molecule has 0 radical (unpaired) electrons. The molecule has 118 valence electrons. The van der Waals surface area contributed by atoms with E-state index in [9.17, 15) is 5.11 Å². The van der Waals surface area contributed by atoms with Crippen LogP contribution in [-0.2, 0) is 6.54 Å². The highest BCUT2D eigenvalue weighted by Gasteiger charge is 2.16. The second-order valence-electron chi connectivity index (χ2n) is 5.83. The molecule has 1 heterocycles. The summed E-state index contributed by atoms with van der Waals surface area (Å²) in [4.78, 5) is 4.78. The molecule has 24 heavy (non-hydrogen) atoms. The predicted molar refractivity (Wildman–Crippen MR) is 96.6 cm³/mol. The summed E-state index contributed by atoms with van der Waals surface area (Å²) in [7, 11) is 0. The molecular formula is C21H18N2O. The Hall–Kier alpha value is -2.91. The van der Waals surface area contributed by atoms with Crippen molar-refractivity contribution in [3.63, 3.8) is 0 Å². The van der Waals surface area contributed by atoms with Gasteiger partial charge in [0, 0.05) is 5.56 Å². The lowest BCUT2D eigenvalue weighted by atomic mass is 10.1. The van der Waals surface area contributed by atoms with E-state index in [0.717, 1.165) is 28.0 Å². The van der Waals surface area contributed by atoms with Gasteiger partial charge in [-0.3, -0.25) is 0 Å². The molecule has 0 unspecified atom stereocenters. The van der Waals surface area contributed by atoms with Crippen molar-refractivity contribution in [2.45, 2.75) is 12.6 Å². The van der Waals surface area contributed by atoms with E-state index in [4.69, 9.17) is 4.98 Å². The van der Waals surface area contributed by atoms with Crippen LogP contribution >= 0.6 is 0 Å². The van der Waals surface area contributed by atoms with Gasteiger partial charge in [-0.1, -0.05) is 72.8 Å². The zero-order valence-electron chi connectivity index (χ0n) is 13.2. The number of imidazole rings is 1. The van der Waals surface area contributed by atoms with E-state index < -0.39 is 6.10 Å². The van der Waals surface area contributed by atoms with Crippen molar-refractivity contribution in [1.29, 1.82) is 0 Å². The largest absolute Gasteiger partial charge is 0.387 e. The van der Waals surface area contributed by atoms with Crippen LogP contribution < -0.4 is 0 Å². The fraction of sp³-hybridized carbons (Fsp3) is 0.0952. The molecule has 0 spiro atoms. The summed E-state index contributed by atoms with van der Waals surface area (Å²) in [5.41, 5.74) is 3.94. The van der Waals surface area contributed by atoms with Crippen LogP contribution in [0.15, 0.2) is 84.9 Å². The smallest absolute Gasteiger partial charge is 0.141 e. The van der Waals surface area contributed by atoms with Gasteiger partial charge in [-0.05, 0) is 17.7 Å². The SMILES string of the molecule is O[C@H](Cn1c(-c2ccccc2)nc2ccccc21)c1ccccc1. The van der Waals surface area contributed by atoms with Crippen molar-refractivity contribution in [3.05, 3.63) is 90.5 Å². The molecular weight excluding hydrogens is 296 g/mol. The Balaban J connectivity index is 1.81. The summed E-state index contributed by atoms with van der Waals surface area (Å²) in [5.74, 6) is 0.881. The topological polar surface area (TPSA) is 38.0 Å². The van der Waals surface area contributed by atoms with Crippen LogP contribution in [0.1, 0.15) is 11.7 Å². The van der Waals surface area contributed by atoms with Crippen molar-refractivity contribution < 1.29 is 5.11 Å². The van der Waals surface area contributed by atoms with Gasteiger partial charge < -0.3 is 9.67 Å². The summed E-state index contributed by atoms with van der Waals surface area (Å²) in [5, 5.41) is 10.7. The lowest BCUT2D eigenvalue weighted by molar-refractivity contribution is 0.158. The van der Waals surface area contributed by atoms with Gasteiger partial charge in [-0.2, -0.15) is 0 Å². The molecule has 4 aromatic rings. The monoisotopic (exact) mass is 314 g/mol. The predicted octanol–water partition coefficient (Wildman–Crippen LogP) is 4.44. The van der Waals surface area contributed by atoms with Crippen LogP contribution in [0.4, 0.5) is 0 Å². The lowest BCUT2D eigenvalue weighted by Crippen LogP contribution is -2.10. The van der Waals surface area contributed by atoms with Crippen molar-refractivity contribution in [1.82, 2.24) is 9.55 Å². The summed E-state index contributed by atoms with van der Waals surface area (Å²) >= 11 is 0. The first kappa shape index (κ1) is 14.7. The van der Waals surface area contributed by atoms with Gasteiger partial charge in [0.15, 0.2) is 0 Å². The van der Waals surface area contributed by atoms with E-state index >= 15 is 0 Å². The van der Waals surface area contributed by atoms with Crippen LogP contribution in [0.3, 0.4) is 0 Å². The first-order valence-corrected chi connectivity index (χ1v) is 8.06. The third kappa shape index (κ3) is 2.70. The molecule has 0 bridgehead atoms. The molecule has 1 aromatic heterocycles. The van der Waals surface area contributed by atoms with Gasteiger partial charge in [-0.15, -0.1) is 0 Å². The molecule has 0 amide bonds. The summed E-state index contributed by atoms with van der Waals surface area (Å²) in [6.07, 6.45) is -0.578. The number of hydrogen-bond acceptors (Lipinski definition) is 2. The molecule has 1 atom stereocenters. The fourth-order valence-corrected chi connectivity index (χ4v) is 3.02. The highest BCUT2D eigenvalue weighted by atomic mass is 16.3. The molecule has 1 N–H and O–H groups in total. The number of para-hydroxylation sites is 2. The second-order valence-corrected chi connectivity index (χ2v) is 5.83. The molecule has 0 saturated carbocycles. The molecule has 3 aromatic carbocycles. The van der Waals surface area contributed by atoms with Gasteiger partial charge in [0.1, 0.15) is 5.82 Å². The van der Waals surface area contributed by atoms with Gasteiger partial charge in [0.2, 0.25) is 0 Å². The van der Waals surface area contributed by atoms with Crippen molar-refractivity contribution in [2.75, 3.05) is 0 Å². The van der Waals surface area contributed by atoms with E-state index in [-0.39, 0.29) is 0 Å². The molecule has 0 saturated heterocycles. The number of nitrogens with zero attached hydrogens (tertiary/aromatic N) is 2. The number of rotatable bonds is 4. The Bertz CT molecular complexity index is 945. The van der Waals surface area contributed by atoms with Gasteiger partial charge in [0.25, 0.3) is 0 Å². The van der Waals surface area contributed by atoms with E-state index in [1.54, 1.807) is 0 Å². The minimum Gasteiger partial charge on any atom is -0.387 e. The summed E-state index contributed by atoms with van der Waals surface area (Å²) in [6, 6.07) is 27.9. The number of aliphatic hydroxyl groups excluding tert-OH is 1. The van der Waals surface area contributed by atoms with Gasteiger partial charge in [-0.25, -0.2) is 4.98 Å². The molecule has 4 rings (SSSR count). The van der Waals surface area contributed by atoms with Crippen LogP contribution in [0.25, 0.3) is 22.4 Å². The Kier molecular flexibility index (Phi) is 3.85. The third-order valence-corrected chi connectivity index (χ3v) is 4.23. The Morgan fingerprint density at radius 2 is 1.42 bits per heavy atom. The highest BCUT2D eigenvalue weighted by molar-refractivity contribution is 5.80. The quantitative estimate of drug-likeness (QED) is 0.605. The van der Waals surface area contributed by atoms with Crippen molar-refractivity contribution >= 4 is 11.0 Å². The maximum Gasteiger partial charge on any atom is 0.141 e. The molecule has 3 heteroatoms. The number of benzene rings is 3. The van der Waals surface area contributed by atoms with Crippen molar-refractivity contribution in [3.8, 4) is 11.4 Å². The van der Waals surface area contributed by atoms with Crippen molar-refractivity contribution in [2.24, 2.45) is 0 Å². The van der Waals surface area contributed by atoms with E-state index in [1.807, 2.05) is 84.9 Å². The first-order chi connectivity index (χ1) is 11.8. The number of aromatic nitrogens is 2. The normalized spacial score (nSPS) is 12.4. The highest BCUT2D eigenvalue weighted by Crippen LogP contribution is 2.27. The first-order valence-electron chi connectivity index (χ1n) is 8.06. The summed E-state index contributed by atoms with van der Waals surface area (Å²) in [6.45, 7) is 0.467. The number of hydrogen-bond donors (Lipinski definition) is 1. The molecule has 0 aliphatic rings. The Labute approximate surface area is 140 Å². The number of fused-ring (bicyclic) bond motifs is 1. The second kappa shape index (κ2) is 6.30. The Morgan fingerprint density at radius 3 is 2.17 bits per heavy atom. The van der Waals surface area contributed by atoms with Crippen LogP contribution in [0.2, 0.25) is 0 Å². The van der Waals surface area contributed by atoms with E-state index in [1.165, 1.54) is 0 Å². The summed E-state index contributed by atoms with van der Waals surface area (Å²) < 4.78 is 2.10. The number of aliphatic hydroxyl groups is 1. The molecule has 0 aliphatic carbocycles. The Morgan fingerprint density at radius 1 is 0.792 bits per heavy atom. The van der Waals surface area contributed by atoms with Gasteiger partial charge >= 0.3 is 0 Å². The maximum atomic E-state index is 10.7. The fourth-order valence-electron chi connectivity index (χ4n) is 3.02. The van der Waals surface area contributed by atoms with Crippen LogP contribution in [-0.4, -0.2) is 14.7 Å². The minimum atomic E-state index is -0.578. The maximum absolute atomic E-state index is 10.7. The zero-order valence-corrected chi connectivity index (χ0v) is 13.2. The van der Waals surface area contributed by atoms with Crippen LogP contribution in [0.5, 0.6) is 0 Å². The van der Waals surface area contributed by atoms with Crippen LogP contribution in [0, 0.1) is 0 Å². The van der Waals surface area contributed by atoms with E-state index in [2.05, 4.69) is 4.57 Å². The lowest BCUT2D eigenvalue weighted by Gasteiger charge is -2.15. The molecule has 3 nitrogen and oxygen atoms in total. The average Bonchev–Trinajstić information content (AvgIpc) is 3.02. The van der Waals surface area contributed by atoms with E-state index in [0.29, 0.717) is 6.54 Å². The molecule has 0 fully saturated rings. The molecule has 0 aliphatic heterocycles. The standard InChI is InChI=1S/C21H18N2O/c24-20(16-9-3-1-4-10-16)15-23-19-14-8-7-13-18(19)22-21(23)17-11-5-2-6-12-17/h1-14,20,24H,15H2/t20-/m1/s1.